The Kier molecular flexibility index (Phi) is 4.45. The van der Waals surface area contributed by atoms with Gasteiger partial charge < -0.3 is 15.0 Å². The van der Waals surface area contributed by atoms with Gasteiger partial charge in [0, 0.05) is 18.8 Å². The van der Waals surface area contributed by atoms with E-state index in [1.165, 1.54) is 0 Å². The Labute approximate surface area is 124 Å². The lowest BCUT2D eigenvalue weighted by Crippen LogP contribution is -2.63. The number of piperazine rings is 1. The molecule has 1 aliphatic rings. The first kappa shape index (κ1) is 15.3. The van der Waals surface area contributed by atoms with E-state index in [1.54, 1.807) is 31.2 Å². The molecule has 1 fully saturated rings. The molecule has 1 aliphatic heterocycles. The van der Waals surface area contributed by atoms with Crippen molar-refractivity contribution in [2.45, 2.75) is 39.4 Å². The molecule has 6 nitrogen and oxygen atoms in total. The summed E-state index contributed by atoms with van der Waals surface area (Å²) in [4.78, 5) is 30.3. The van der Waals surface area contributed by atoms with Crippen LogP contribution in [-0.4, -0.2) is 40.9 Å². The first-order chi connectivity index (χ1) is 9.93. The molecule has 2 atom stereocenters. The number of hydrogen-bond acceptors (Lipinski definition) is 4. The Balaban J connectivity index is 2.18. The van der Waals surface area contributed by atoms with Crippen LogP contribution in [0.2, 0.25) is 0 Å². The van der Waals surface area contributed by atoms with Crippen molar-refractivity contribution < 1.29 is 14.3 Å². The number of amides is 2. The minimum atomic E-state index is -0.477. The fourth-order valence-corrected chi connectivity index (χ4v) is 2.34. The smallest absolute Gasteiger partial charge is 0.246 e. The van der Waals surface area contributed by atoms with Crippen LogP contribution in [0.5, 0.6) is 5.88 Å². The fraction of sp³-hybridized carbons (Fsp3) is 0.533. The lowest BCUT2D eigenvalue weighted by molar-refractivity contribution is -0.150. The van der Waals surface area contributed by atoms with Crippen LogP contribution < -0.4 is 10.1 Å². The third-order valence-electron chi connectivity index (χ3n) is 3.72. The zero-order valence-corrected chi connectivity index (χ0v) is 12.8. The van der Waals surface area contributed by atoms with Crippen molar-refractivity contribution in [3.63, 3.8) is 0 Å². The molecule has 114 valence electrons. The molecule has 2 rings (SSSR count). The normalized spacial score (nSPS) is 22.4. The molecule has 1 saturated heterocycles. The van der Waals surface area contributed by atoms with Crippen molar-refractivity contribution in [1.82, 2.24) is 15.2 Å². The predicted octanol–water partition coefficient (Wildman–Crippen LogP) is 0.962. The zero-order valence-electron chi connectivity index (χ0n) is 12.8. The van der Waals surface area contributed by atoms with Gasteiger partial charge in [0.15, 0.2) is 0 Å². The molecule has 1 aromatic rings. The van der Waals surface area contributed by atoms with Crippen LogP contribution in [0.1, 0.15) is 26.3 Å². The molecule has 0 spiro atoms. The number of nitrogens with one attached hydrogen (secondary N) is 1. The molecule has 2 heterocycles. The number of nitrogens with zero attached hydrogens (tertiary/aromatic N) is 2. The van der Waals surface area contributed by atoms with E-state index in [0.717, 1.165) is 5.56 Å². The quantitative estimate of drug-likeness (QED) is 0.897. The third-order valence-corrected chi connectivity index (χ3v) is 3.72. The lowest BCUT2D eigenvalue weighted by Gasteiger charge is -2.38. The topological polar surface area (TPSA) is 71.5 Å². The van der Waals surface area contributed by atoms with Crippen molar-refractivity contribution in [1.29, 1.82) is 0 Å². The molecular weight excluding hydrogens is 270 g/mol. The van der Waals surface area contributed by atoms with Crippen LogP contribution >= 0.6 is 0 Å². The van der Waals surface area contributed by atoms with Crippen molar-refractivity contribution >= 4 is 11.8 Å². The van der Waals surface area contributed by atoms with E-state index in [4.69, 9.17) is 4.74 Å². The molecule has 0 aromatic carbocycles. The standard InChI is InChI=1S/C15H21N3O3/c1-9(2)13-15(20)18(10(3)14(19)17-13)8-11-5-6-12(21-4)16-7-11/h5-7,9-10,13H,8H2,1-4H3,(H,17,19). The molecule has 21 heavy (non-hydrogen) atoms. The van der Waals surface area contributed by atoms with Crippen molar-refractivity contribution in [2.24, 2.45) is 5.92 Å². The summed E-state index contributed by atoms with van der Waals surface area (Å²) in [5.41, 5.74) is 0.869. The predicted molar refractivity (Wildman–Crippen MR) is 77.6 cm³/mol. The highest BCUT2D eigenvalue weighted by molar-refractivity contribution is 5.96. The van der Waals surface area contributed by atoms with Gasteiger partial charge in [0.25, 0.3) is 0 Å². The molecule has 0 radical (unpaired) electrons. The molecular formula is C15H21N3O3. The van der Waals surface area contributed by atoms with Gasteiger partial charge in [-0.3, -0.25) is 9.59 Å². The van der Waals surface area contributed by atoms with Crippen molar-refractivity contribution in [3.05, 3.63) is 23.9 Å². The average molecular weight is 291 g/mol. The number of aromatic nitrogens is 1. The molecule has 0 saturated carbocycles. The highest BCUT2D eigenvalue weighted by atomic mass is 16.5. The Morgan fingerprint density at radius 1 is 1.38 bits per heavy atom. The molecule has 1 aromatic heterocycles. The maximum absolute atomic E-state index is 12.5. The van der Waals surface area contributed by atoms with Gasteiger partial charge in [0.05, 0.1) is 7.11 Å². The van der Waals surface area contributed by atoms with Gasteiger partial charge in [0.1, 0.15) is 12.1 Å². The van der Waals surface area contributed by atoms with Crippen molar-refractivity contribution in [3.8, 4) is 5.88 Å². The van der Waals surface area contributed by atoms with Gasteiger partial charge in [-0.15, -0.1) is 0 Å². The maximum atomic E-state index is 12.5. The number of carbonyl (C=O) groups excluding carboxylic acids is 2. The highest BCUT2D eigenvalue weighted by Gasteiger charge is 2.39. The van der Waals surface area contributed by atoms with Crippen LogP contribution in [0.15, 0.2) is 18.3 Å². The second-order valence-corrected chi connectivity index (χ2v) is 5.58. The van der Waals surface area contributed by atoms with Crippen molar-refractivity contribution in [2.75, 3.05) is 7.11 Å². The number of rotatable bonds is 4. The van der Waals surface area contributed by atoms with Gasteiger partial charge in [-0.25, -0.2) is 4.98 Å². The van der Waals surface area contributed by atoms with Gasteiger partial charge in [-0.05, 0) is 18.4 Å². The van der Waals surface area contributed by atoms with Gasteiger partial charge >= 0.3 is 0 Å². The minimum absolute atomic E-state index is 0.0482. The molecule has 2 unspecified atom stereocenters. The number of methoxy groups -OCH3 is 1. The third kappa shape index (κ3) is 3.15. The van der Waals surface area contributed by atoms with Gasteiger partial charge in [0.2, 0.25) is 17.7 Å². The Bertz CT molecular complexity index is 527. The van der Waals surface area contributed by atoms with E-state index in [-0.39, 0.29) is 17.7 Å². The van der Waals surface area contributed by atoms with Gasteiger partial charge in [-0.2, -0.15) is 0 Å². The van der Waals surface area contributed by atoms with Crippen LogP contribution in [0.4, 0.5) is 0 Å². The average Bonchev–Trinajstić information content (AvgIpc) is 2.47. The van der Waals surface area contributed by atoms with Crippen LogP contribution in [0.25, 0.3) is 0 Å². The second kappa shape index (κ2) is 6.11. The first-order valence-corrected chi connectivity index (χ1v) is 7.03. The largest absolute Gasteiger partial charge is 0.481 e. The van der Waals surface area contributed by atoms with E-state index < -0.39 is 12.1 Å². The zero-order chi connectivity index (χ0) is 15.6. The van der Waals surface area contributed by atoms with Crippen LogP contribution in [0, 0.1) is 5.92 Å². The van der Waals surface area contributed by atoms with Gasteiger partial charge in [-0.1, -0.05) is 19.9 Å². The summed E-state index contributed by atoms with van der Waals surface area (Å²) in [5, 5.41) is 2.78. The lowest BCUT2D eigenvalue weighted by atomic mass is 9.98. The van der Waals surface area contributed by atoms with Crippen LogP contribution in [0.3, 0.4) is 0 Å². The number of carbonyl (C=O) groups is 2. The number of hydrogen-bond donors (Lipinski definition) is 1. The van der Waals surface area contributed by atoms with E-state index in [9.17, 15) is 9.59 Å². The second-order valence-electron chi connectivity index (χ2n) is 5.58. The Morgan fingerprint density at radius 2 is 2.10 bits per heavy atom. The first-order valence-electron chi connectivity index (χ1n) is 7.03. The van der Waals surface area contributed by atoms with E-state index >= 15 is 0 Å². The summed E-state index contributed by atoms with van der Waals surface area (Å²) in [6, 6.07) is 2.66. The molecule has 2 amide bonds. The number of pyridine rings is 1. The summed E-state index contributed by atoms with van der Waals surface area (Å²) >= 11 is 0. The summed E-state index contributed by atoms with van der Waals surface area (Å²) in [5.74, 6) is 0.419. The minimum Gasteiger partial charge on any atom is -0.481 e. The van der Waals surface area contributed by atoms with E-state index in [1.807, 2.05) is 19.9 Å². The summed E-state index contributed by atoms with van der Waals surface area (Å²) in [7, 11) is 1.55. The highest BCUT2D eigenvalue weighted by Crippen LogP contribution is 2.18. The van der Waals surface area contributed by atoms with Crippen LogP contribution in [-0.2, 0) is 16.1 Å². The molecule has 0 aliphatic carbocycles. The maximum Gasteiger partial charge on any atom is 0.246 e. The Hall–Kier alpha value is -2.11. The monoisotopic (exact) mass is 291 g/mol. The fourth-order valence-electron chi connectivity index (χ4n) is 2.34. The van der Waals surface area contributed by atoms with E-state index in [0.29, 0.717) is 12.4 Å². The summed E-state index contributed by atoms with van der Waals surface area (Å²) < 4.78 is 5.01. The van der Waals surface area contributed by atoms with E-state index in [2.05, 4.69) is 10.3 Å². The number of ether oxygens (including phenoxy) is 1. The summed E-state index contributed by atoms with van der Waals surface area (Å²) in [6.45, 7) is 5.95. The molecule has 6 heteroatoms. The Morgan fingerprint density at radius 3 is 2.62 bits per heavy atom. The SMILES string of the molecule is COc1ccc(CN2C(=O)C(C(C)C)NC(=O)C2C)cn1. The summed E-state index contributed by atoms with van der Waals surface area (Å²) in [6.07, 6.45) is 1.66. The molecule has 1 N–H and O–H groups in total. The molecule has 0 bridgehead atoms.